The summed E-state index contributed by atoms with van der Waals surface area (Å²) in [6.07, 6.45) is 0.172. The van der Waals surface area contributed by atoms with Crippen molar-refractivity contribution in [2.75, 3.05) is 0 Å². The van der Waals surface area contributed by atoms with Gasteiger partial charge in [-0.1, -0.05) is 28.1 Å². The minimum Gasteiger partial charge on any atom is -0.461 e. The van der Waals surface area contributed by atoms with Crippen molar-refractivity contribution in [3.63, 3.8) is 0 Å². The fraction of sp³-hybridized carbons (Fsp3) is 0.286. The van der Waals surface area contributed by atoms with E-state index in [9.17, 15) is 5.11 Å². The zero-order chi connectivity index (χ0) is 12.4. The first-order chi connectivity index (χ1) is 8.06. The molecular formula is C14H15BrO2. The minimum atomic E-state index is -0.376. The van der Waals surface area contributed by atoms with Crippen molar-refractivity contribution in [3.05, 3.63) is 46.1 Å². The summed E-state index contributed by atoms with van der Waals surface area (Å²) in [6, 6.07) is 9.98. The largest absolute Gasteiger partial charge is 0.461 e. The number of hydrogen-bond acceptors (Lipinski definition) is 2. The molecule has 1 atom stereocenters. The summed E-state index contributed by atoms with van der Waals surface area (Å²) < 4.78 is 6.77. The summed E-state index contributed by atoms with van der Waals surface area (Å²) in [7, 11) is 0. The van der Waals surface area contributed by atoms with Gasteiger partial charge in [0, 0.05) is 16.5 Å². The Bertz CT molecular complexity index is 515. The molecule has 90 valence electrons. The number of aliphatic hydroxyl groups is 1. The van der Waals surface area contributed by atoms with E-state index in [0.717, 1.165) is 21.6 Å². The lowest BCUT2D eigenvalue weighted by molar-refractivity contribution is 0.187. The summed E-state index contributed by atoms with van der Waals surface area (Å²) in [5.74, 6) is 1.65. The molecule has 0 bridgehead atoms. The summed E-state index contributed by atoms with van der Waals surface area (Å²) in [6.45, 7) is 3.81. The van der Waals surface area contributed by atoms with E-state index in [1.165, 1.54) is 5.56 Å². The van der Waals surface area contributed by atoms with Gasteiger partial charge in [-0.25, -0.2) is 0 Å². The second kappa shape index (κ2) is 5.07. The normalized spacial score (nSPS) is 12.7. The lowest BCUT2D eigenvalue weighted by Gasteiger charge is -2.02. The van der Waals surface area contributed by atoms with Crippen molar-refractivity contribution < 1.29 is 9.52 Å². The van der Waals surface area contributed by atoms with Gasteiger partial charge in [0.05, 0.1) is 6.10 Å². The number of benzene rings is 1. The molecule has 2 aromatic rings. The highest BCUT2D eigenvalue weighted by atomic mass is 79.9. The van der Waals surface area contributed by atoms with Crippen molar-refractivity contribution in [2.45, 2.75) is 26.4 Å². The number of furan rings is 1. The van der Waals surface area contributed by atoms with Crippen molar-refractivity contribution >= 4 is 15.9 Å². The first-order valence-electron chi connectivity index (χ1n) is 5.59. The molecule has 1 N–H and O–H groups in total. The lowest BCUT2D eigenvalue weighted by atomic mass is 10.1. The third kappa shape index (κ3) is 2.99. The van der Waals surface area contributed by atoms with Crippen molar-refractivity contribution in [2.24, 2.45) is 0 Å². The Labute approximate surface area is 109 Å². The first-order valence-corrected chi connectivity index (χ1v) is 6.39. The van der Waals surface area contributed by atoms with Crippen LogP contribution < -0.4 is 0 Å². The van der Waals surface area contributed by atoms with Gasteiger partial charge in [0.15, 0.2) is 0 Å². The summed E-state index contributed by atoms with van der Waals surface area (Å²) in [5.41, 5.74) is 2.24. The Kier molecular flexibility index (Phi) is 3.69. The Morgan fingerprint density at radius 2 is 2.06 bits per heavy atom. The number of aliphatic hydroxyl groups excluding tert-OH is 1. The Balaban J connectivity index is 2.27. The molecule has 3 heteroatoms. The van der Waals surface area contributed by atoms with E-state index >= 15 is 0 Å². The maximum Gasteiger partial charge on any atom is 0.134 e. The van der Waals surface area contributed by atoms with Crippen LogP contribution in [0.25, 0.3) is 11.3 Å². The maximum atomic E-state index is 9.30. The molecule has 0 aliphatic rings. The Hall–Kier alpha value is -1.06. The fourth-order valence-corrected chi connectivity index (χ4v) is 2.06. The van der Waals surface area contributed by atoms with Crippen molar-refractivity contribution in [1.82, 2.24) is 0 Å². The van der Waals surface area contributed by atoms with Gasteiger partial charge in [0.2, 0.25) is 0 Å². The molecule has 1 unspecified atom stereocenters. The average molecular weight is 295 g/mol. The topological polar surface area (TPSA) is 33.4 Å². The lowest BCUT2D eigenvalue weighted by Crippen LogP contribution is -2.02. The molecule has 0 spiro atoms. The van der Waals surface area contributed by atoms with Gasteiger partial charge in [0.1, 0.15) is 11.5 Å². The van der Waals surface area contributed by atoms with Gasteiger partial charge in [-0.15, -0.1) is 0 Å². The fourth-order valence-electron chi connectivity index (χ4n) is 1.68. The van der Waals surface area contributed by atoms with Crippen molar-refractivity contribution in [1.29, 1.82) is 0 Å². The molecular weight excluding hydrogens is 280 g/mol. The SMILES string of the molecule is Cc1ccc(-c2ccc(CC(C)O)o2)cc1Br. The second-order valence-electron chi connectivity index (χ2n) is 4.28. The number of hydrogen-bond donors (Lipinski definition) is 1. The van der Waals surface area contributed by atoms with E-state index in [0.29, 0.717) is 6.42 Å². The zero-order valence-electron chi connectivity index (χ0n) is 9.90. The van der Waals surface area contributed by atoms with Crippen LogP contribution in [-0.2, 0) is 6.42 Å². The molecule has 0 aliphatic carbocycles. The van der Waals surface area contributed by atoms with Gasteiger partial charge in [0.25, 0.3) is 0 Å². The molecule has 2 nitrogen and oxygen atoms in total. The molecule has 0 aliphatic heterocycles. The minimum absolute atomic E-state index is 0.376. The van der Waals surface area contributed by atoms with E-state index in [1.54, 1.807) is 6.92 Å². The average Bonchev–Trinajstić information content (AvgIpc) is 2.69. The van der Waals surface area contributed by atoms with E-state index in [4.69, 9.17) is 4.42 Å². The highest BCUT2D eigenvalue weighted by Gasteiger charge is 2.08. The quantitative estimate of drug-likeness (QED) is 0.930. The van der Waals surface area contributed by atoms with Crippen LogP contribution in [0.15, 0.2) is 39.2 Å². The van der Waals surface area contributed by atoms with Gasteiger partial charge >= 0.3 is 0 Å². The summed E-state index contributed by atoms with van der Waals surface area (Å²) in [5, 5.41) is 9.30. The van der Waals surface area contributed by atoms with Gasteiger partial charge in [-0.2, -0.15) is 0 Å². The van der Waals surface area contributed by atoms with Crippen LogP contribution in [0.5, 0.6) is 0 Å². The molecule has 1 aromatic carbocycles. The van der Waals surface area contributed by atoms with Gasteiger partial charge in [-0.05, 0) is 37.6 Å². The smallest absolute Gasteiger partial charge is 0.134 e. The molecule has 0 amide bonds. The zero-order valence-corrected chi connectivity index (χ0v) is 11.5. The van der Waals surface area contributed by atoms with Crippen LogP contribution in [0.3, 0.4) is 0 Å². The highest BCUT2D eigenvalue weighted by molar-refractivity contribution is 9.10. The monoisotopic (exact) mass is 294 g/mol. The van der Waals surface area contributed by atoms with E-state index in [2.05, 4.69) is 28.9 Å². The van der Waals surface area contributed by atoms with E-state index in [-0.39, 0.29) is 6.10 Å². The summed E-state index contributed by atoms with van der Waals surface area (Å²) in [4.78, 5) is 0. The number of rotatable bonds is 3. The standard InChI is InChI=1S/C14H15BrO2/c1-9-3-4-11(8-13(9)15)14-6-5-12(17-14)7-10(2)16/h3-6,8,10,16H,7H2,1-2H3. The first kappa shape index (κ1) is 12.4. The second-order valence-corrected chi connectivity index (χ2v) is 5.14. The molecule has 17 heavy (non-hydrogen) atoms. The number of halogens is 1. The predicted octanol–water partition coefficient (Wildman–Crippen LogP) is 3.94. The van der Waals surface area contributed by atoms with Crippen molar-refractivity contribution in [3.8, 4) is 11.3 Å². The molecule has 0 saturated carbocycles. The van der Waals surface area contributed by atoms with Crippen LogP contribution in [0.2, 0.25) is 0 Å². The third-order valence-corrected chi connectivity index (χ3v) is 3.47. The van der Waals surface area contributed by atoms with E-state index < -0.39 is 0 Å². The molecule has 0 radical (unpaired) electrons. The van der Waals surface area contributed by atoms with Crippen LogP contribution >= 0.6 is 15.9 Å². The maximum absolute atomic E-state index is 9.30. The Morgan fingerprint density at radius 3 is 2.71 bits per heavy atom. The van der Waals surface area contributed by atoms with Gasteiger partial charge < -0.3 is 9.52 Å². The molecule has 0 fully saturated rings. The number of aryl methyl sites for hydroxylation is 1. The third-order valence-electron chi connectivity index (χ3n) is 2.61. The van der Waals surface area contributed by atoms with E-state index in [1.807, 2.05) is 24.3 Å². The highest BCUT2D eigenvalue weighted by Crippen LogP contribution is 2.27. The van der Waals surface area contributed by atoms with Crippen LogP contribution in [0, 0.1) is 6.92 Å². The Morgan fingerprint density at radius 1 is 1.29 bits per heavy atom. The van der Waals surface area contributed by atoms with Crippen LogP contribution in [0.1, 0.15) is 18.2 Å². The molecule has 1 heterocycles. The van der Waals surface area contributed by atoms with Crippen LogP contribution in [0.4, 0.5) is 0 Å². The molecule has 2 rings (SSSR count). The molecule has 1 aromatic heterocycles. The summed E-state index contributed by atoms with van der Waals surface area (Å²) >= 11 is 3.51. The predicted molar refractivity (Wildman–Crippen MR) is 72.0 cm³/mol. The van der Waals surface area contributed by atoms with Crippen LogP contribution in [-0.4, -0.2) is 11.2 Å². The molecule has 0 saturated heterocycles. The van der Waals surface area contributed by atoms with Gasteiger partial charge in [-0.3, -0.25) is 0 Å².